The number of benzene rings is 1. The summed E-state index contributed by atoms with van der Waals surface area (Å²) in [6, 6.07) is 5.97. The van der Waals surface area contributed by atoms with Crippen LogP contribution >= 0.6 is 0 Å². The van der Waals surface area contributed by atoms with Crippen LogP contribution in [-0.2, 0) is 17.6 Å². The lowest BCUT2D eigenvalue weighted by atomic mass is 9.99. The number of aliphatic hydroxyl groups excluding tert-OH is 1. The third-order valence-electron chi connectivity index (χ3n) is 3.30. The van der Waals surface area contributed by atoms with E-state index in [1.807, 2.05) is 12.1 Å². The monoisotopic (exact) mass is 263 g/mol. The van der Waals surface area contributed by atoms with Crippen molar-refractivity contribution >= 4 is 11.6 Å². The third kappa shape index (κ3) is 4.02. The summed E-state index contributed by atoms with van der Waals surface area (Å²) in [5.41, 5.74) is 9.01. The van der Waals surface area contributed by atoms with E-state index in [1.165, 1.54) is 11.1 Å². The second-order valence-corrected chi connectivity index (χ2v) is 4.94. The van der Waals surface area contributed by atoms with Gasteiger partial charge in [-0.2, -0.15) is 0 Å². The Kier molecular flexibility index (Phi) is 4.90. The van der Waals surface area contributed by atoms with Gasteiger partial charge in [0, 0.05) is 24.7 Å². The topological polar surface area (TPSA) is 87.4 Å². The highest BCUT2D eigenvalue weighted by Crippen LogP contribution is 2.23. The summed E-state index contributed by atoms with van der Waals surface area (Å²) in [5, 5.41) is 14.9. The third-order valence-corrected chi connectivity index (χ3v) is 3.30. The molecule has 0 saturated carbocycles. The second-order valence-electron chi connectivity index (χ2n) is 4.94. The number of anilines is 1. The highest BCUT2D eigenvalue weighted by molar-refractivity contribution is 5.93. The average molecular weight is 263 g/mol. The van der Waals surface area contributed by atoms with Gasteiger partial charge in [0.15, 0.2) is 0 Å². The first-order valence-electron chi connectivity index (χ1n) is 6.68. The molecule has 0 spiro atoms. The van der Waals surface area contributed by atoms with Crippen LogP contribution in [0.5, 0.6) is 0 Å². The Morgan fingerprint density at radius 2 is 2.26 bits per heavy atom. The molecule has 5 heteroatoms. The minimum Gasteiger partial charge on any atom is -0.395 e. The molecule has 104 valence electrons. The van der Waals surface area contributed by atoms with Gasteiger partial charge < -0.3 is 21.5 Å². The van der Waals surface area contributed by atoms with Crippen LogP contribution in [0, 0.1) is 0 Å². The van der Waals surface area contributed by atoms with Crippen molar-refractivity contribution in [2.45, 2.75) is 25.3 Å². The van der Waals surface area contributed by atoms with E-state index in [4.69, 9.17) is 10.8 Å². The van der Waals surface area contributed by atoms with Crippen molar-refractivity contribution in [1.82, 2.24) is 5.32 Å². The smallest absolute Gasteiger partial charge is 0.224 e. The number of amides is 1. The fourth-order valence-corrected chi connectivity index (χ4v) is 2.18. The molecule has 19 heavy (non-hydrogen) atoms. The predicted molar refractivity (Wildman–Crippen MR) is 75.0 cm³/mol. The number of carbonyl (C=O) groups excluding carboxylic acids is 1. The lowest BCUT2D eigenvalue weighted by Crippen LogP contribution is -2.37. The highest BCUT2D eigenvalue weighted by Gasteiger charge is 2.14. The molecule has 0 saturated heterocycles. The van der Waals surface area contributed by atoms with Gasteiger partial charge in [0.25, 0.3) is 0 Å². The van der Waals surface area contributed by atoms with Crippen LogP contribution < -0.4 is 16.4 Å². The molecule has 1 aliphatic heterocycles. The van der Waals surface area contributed by atoms with Crippen LogP contribution in [0.3, 0.4) is 0 Å². The Bertz CT molecular complexity index is 448. The van der Waals surface area contributed by atoms with Crippen molar-refractivity contribution in [3.05, 3.63) is 29.3 Å². The van der Waals surface area contributed by atoms with E-state index in [1.54, 1.807) is 0 Å². The molecule has 0 fully saturated rings. The average Bonchev–Trinajstić information content (AvgIpc) is 2.43. The zero-order valence-electron chi connectivity index (χ0n) is 11.0. The molecule has 1 unspecified atom stereocenters. The number of carbonyl (C=O) groups is 1. The molecule has 5 nitrogen and oxygen atoms in total. The molecule has 1 amide bonds. The van der Waals surface area contributed by atoms with Crippen LogP contribution in [0.1, 0.15) is 17.5 Å². The maximum atomic E-state index is 11.3. The summed E-state index contributed by atoms with van der Waals surface area (Å²) < 4.78 is 0. The van der Waals surface area contributed by atoms with E-state index in [9.17, 15) is 4.79 Å². The van der Waals surface area contributed by atoms with Gasteiger partial charge in [0.05, 0.1) is 6.61 Å². The number of fused-ring (bicyclic) bond motifs is 1. The number of nitrogens with one attached hydrogen (secondary N) is 2. The maximum absolute atomic E-state index is 11.3. The van der Waals surface area contributed by atoms with Gasteiger partial charge in [-0.25, -0.2) is 0 Å². The summed E-state index contributed by atoms with van der Waals surface area (Å²) in [6.45, 7) is 1.46. The molecule has 1 atom stereocenters. The summed E-state index contributed by atoms with van der Waals surface area (Å²) in [4.78, 5) is 11.3. The lowest BCUT2D eigenvalue weighted by Gasteiger charge is -2.17. The van der Waals surface area contributed by atoms with E-state index in [-0.39, 0.29) is 18.6 Å². The zero-order valence-corrected chi connectivity index (χ0v) is 11.0. The SMILES string of the molecule is NC(CO)CNCCc1ccc2c(c1)CCC(=O)N2. The number of aliphatic hydroxyl groups is 1. The van der Waals surface area contributed by atoms with Crippen molar-refractivity contribution in [2.75, 3.05) is 25.0 Å². The largest absolute Gasteiger partial charge is 0.395 e. The maximum Gasteiger partial charge on any atom is 0.224 e. The molecule has 1 aromatic rings. The molecular weight excluding hydrogens is 242 g/mol. The molecule has 0 aromatic heterocycles. The van der Waals surface area contributed by atoms with Crippen molar-refractivity contribution < 1.29 is 9.90 Å². The Hall–Kier alpha value is -1.43. The molecular formula is C14H21N3O2. The summed E-state index contributed by atoms with van der Waals surface area (Å²) in [6.07, 6.45) is 2.30. The molecule has 0 aliphatic carbocycles. The van der Waals surface area contributed by atoms with Crippen LogP contribution in [0.2, 0.25) is 0 Å². The highest BCUT2D eigenvalue weighted by atomic mass is 16.3. The molecule has 5 N–H and O–H groups in total. The number of rotatable bonds is 6. The normalized spacial score (nSPS) is 15.8. The molecule has 0 bridgehead atoms. The van der Waals surface area contributed by atoms with Crippen molar-refractivity contribution in [3.63, 3.8) is 0 Å². The van der Waals surface area contributed by atoms with Gasteiger partial charge >= 0.3 is 0 Å². The first kappa shape index (κ1) is 14.0. The van der Waals surface area contributed by atoms with E-state index in [2.05, 4.69) is 16.7 Å². The van der Waals surface area contributed by atoms with E-state index in [0.717, 1.165) is 25.1 Å². The van der Waals surface area contributed by atoms with Gasteiger partial charge in [-0.15, -0.1) is 0 Å². The molecule has 1 aromatic carbocycles. The Balaban J connectivity index is 1.83. The van der Waals surface area contributed by atoms with Crippen LogP contribution in [0.15, 0.2) is 18.2 Å². The van der Waals surface area contributed by atoms with E-state index in [0.29, 0.717) is 13.0 Å². The lowest BCUT2D eigenvalue weighted by molar-refractivity contribution is -0.116. The number of hydrogen-bond acceptors (Lipinski definition) is 4. The number of hydrogen-bond donors (Lipinski definition) is 4. The van der Waals surface area contributed by atoms with Gasteiger partial charge in [-0.1, -0.05) is 12.1 Å². The Labute approximate surface area is 113 Å². The van der Waals surface area contributed by atoms with Gasteiger partial charge in [0.2, 0.25) is 5.91 Å². The summed E-state index contributed by atoms with van der Waals surface area (Å²) in [7, 11) is 0. The minimum absolute atomic E-state index is 0.00550. The molecule has 1 aliphatic rings. The Morgan fingerprint density at radius 1 is 1.42 bits per heavy atom. The summed E-state index contributed by atoms with van der Waals surface area (Å²) in [5.74, 6) is 0.0971. The van der Waals surface area contributed by atoms with E-state index < -0.39 is 0 Å². The van der Waals surface area contributed by atoms with Gasteiger partial charge in [-0.3, -0.25) is 4.79 Å². The van der Waals surface area contributed by atoms with Crippen molar-refractivity contribution in [1.29, 1.82) is 0 Å². The first-order chi connectivity index (χ1) is 9.19. The first-order valence-corrected chi connectivity index (χ1v) is 6.68. The number of nitrogens with two attached hydrogens (primary N) is 1. The minimum atomic E-state index is -0.196. The fourth-order valence-electron chi connectivity index (χ4n) is 2.18. The van der Waals surface area contributed by atoms with Crippen LogP contribution in [0.4, 0.5) is 5.69 Å². The quantitative estimate of drug-likeness (QED) is 0.545. The molecule has 2 rings (SSSR count). The summed E-state index contributed by atoms with van der Waals surface area (Å²) >= 11 is 0. The predicted octanol–water partition coefficient (Wildman–Crippen LogP) is 0.0230. The van der Waals surface area contributed by atoms with E-state index >= 15 is 0 Å². The molecule has 0 radical (unpaired) electrons. The van der Waals surface area contributed by atoms with Gasteiger partial charge in [0.1, 0.15) is 0 Å². The van der Waals surface area contributed by atoms with Crippen LogP contribution in [0.25, 0.3) is 0 Å². The Morgan fingerprint density at radius 3 is 3.05 bits per heavy atom. The van der Waals surface area contributed by atoms with Gasteiger partial charge in [-0.05, 0) is 36.6 Å². The standard InChI is InChI=1S/C14H21N3O2/c15-12(9-18)8-16-6-5-10-1-3-13-11(7-10)2-4-14(19)17-13/h1,3,7,12,16,18H,2,4-6,8-9,15H2,(H,17,19). The van der Waals surface area contributed by atoms with Crippen LogP contribution in [-0.4, -0.2) is 36.8 Å². The fraction of sp³-hybridized carbons (Fsp3) is 0.500. The van der Waals surface area contributed by atoms with Crippen molar-refractivity contribution in [2.24, 2.45) is 5.73 Å². The number of aryl methyl sites for hydroxylation is 1. The second kappa shape index (κ2) is 6.65. The van der Waals surface area contributed by atoms with Crippen molar-refractivity contribution in [3.8, 4) is 0 Å². The molecule has 1 heterocycles. The zero-order chi connectivity index (χ0) is 13.7.